The number of nitrogens with zero attached hydrogens (tertiary/aromatic N) is 6. The third kappa shape index (κ3) is 4.00. The topological polar surface area (TPSA) is 85.7 Å². The minimum atomic E-state index is -0.290. The summed E-state index contributed by atoms with van der Waals surface area (Å²) < 4.78 is 0. The van der Waals surface area contributed by atoms with Crippen molar-refractivity contribution in [3.63, 3.8) is 0 Å². The number of pyridine rings is 1. The molecule has 2 aromatic heterocycles. The molecule has 2 aliphatic rings. The van der Waals surface area contributed by atoms with Gasteiger partial charge in [0, 0.05) is 57.9 Å². The van der Waals surface area contributed by atoms with Gasteiger partial charge in [0.25, 0.3) is 5.91 Å². The molecule has 8 nitrogen and oxygen atoms in total. The number of rotatable bonds is 3. The molecule has 0 bridgehead atoms. The first-order valence-corrected chi connectivity index (χ1v) is 9.41. The predicted molar refractivity (Wildman–Crippen MR) is 102 cm³/mol. The van der Waals surface area contributed by atoms with Crippen LogP contribution in [0.1, 0.15) is 23.2 Å². The molecule has 2 aromatic rings. The van der Waals surface area contributed by atoms with Gasteiger partial charge in [0.05, 0.1) is 11.7 Å². The van der Waals surface area contributed by atoms with E-state index in [2.05, 4.69) is 19.9 Å². The maximum absolute atomic E-state index is 12.9. The number of anilines is 2. The van der Waals surface area contributed by atoms with Crippen LogP contribution in [0.5, 0.6) is 0 Å². The quantitative estimate of drug-likeness (QED) is 0.857. The van der Waals surface area contributed by atoms with Gasteiger partial charge < -0.3 is 19.8 Å². The van der Waals surface area contributed by atoms with E-state index in [0.29, 0.717) is 37.7 Å². The van der Waals surface area contributed by atoms with Gasteiger partial charge >= 0.3 is 0 Å². The van der Waals surface area contributed by atoms with Crippen molar-refractivity contribution in [2.24, 2.45) is 0 Å². The summed E-state index contributed by atoms with van der Waals surface area (Å²) in [5, 5.41) is 9.66. The van der Waals surface area contributed by atoms with Crippen LogP contribution >= 0.6 is 0 Å². The number of aliphatic hydroxyl groups excluding tert-OH is 1. The van der Waals surface area contributed by atoms with Gasteiger partial charge in [-0.05, 0) is 31.0 Å². The molecular weight excluding hydrogens is 344 g/mol. The molecule has 0 aliphatic carbocycles. The second-order valence-corrected chi connectivity index (χ2v) is 6.98. The maximum Gasteiger partial charge on any atom is 0.255 e. The lowest BCUT2D eigenvalue weighted by Crippen LogP contribution is -2.35. The molecule has 1 N–H and O–H groups in total. The van der Waals surface area contributed by atoms with Gasteiger partial charge in [-0.1, -0.05) is 0 Å². The van der Waals surface area contributed by atoms with Crippen LogP contribution in [0, 0.1) is 0 Å². The van der Waals surface area contributed by atoms with E-state index in [4.69, 9.17) is 0 Å². The highest BCUT2D eigenvalue weighted by atomic mass is 16.3. The van der Waals surface area contributed by atoms with Crippen LogP contribution in [0.4, 0.5) is 11.8 Å². The zero-order valence-corrected chi connectivity index (χ0v) is 15.2. The van der Waals surface area contributed by atoms with Crippen LogP contribution in [0.25, 0.3) is 0 Å². The molecule has 8 heteroatoms. The third-order valence-electron chi connectivity index (χ3n) is 5.10. The minimum Gasteiger partial charge on any atom is -0.391 e. The molecule has 2 fully saturated rings. The summed E-state index contributed by atoms with van der Waals surface area (Å²) in [5.41, 5.74) is 0.600. The molecule has 1 atom stereocenters. The van der Waals surface area contributed by atoms with E-state index < -0.39 is 0 Å². The van der Waals surface area contributed by atoms with Gasteiger partial charge in [0.2, 0.25) is 5.95 Å². The first-order valence-electron chi connectivity index (χ1n) is 9.41. The fourth-order valence-corrected chi connectivity index (χ4v) is 3.61. The van der Waals surface area contributed by atoms with Crippen molar-refractivity contribution >= 4 is 17.7 Å². The lowest BCUT2D eigenvalue weighted by molar-refractivity contribution is 0.0766. The first-order chi connectivity index (χ1) is 13.2. The van der Waals surface area contributed by atoms with Crippen molar-refractivity contribution in [1.29, 1.82) is 0 Å². The van der Waals surface area contributed by atoms with Gasteiger partial charge in [-0.2, -0.15) is 0 Å². The monoisotopic (exact) mass is 368 g/mol. The van der Waals surface area contributed by atoms with Crippen LogP contribution in [-0.2, 0) is 0 Å². The average molecular weight is 368 g/mol. The smallest absolute Gasteiger partial charge is 0.255 e. The Labute approximate surface area is 158 Å². The Morgan fingerprint density at radius 1 is 1.00 bits per heavy atom. The molecule has 2 aliphatic heterocycles. The fraction of sp³-hybridized carbons (Fsp3) is 0.474. The number of hydrogen-bond acceptors (Lipinski definition) is 7. The zero-order chi connectivity index (χ0) is 18.6. The molecule has 0 spiro atoms. The van der Waals surface area contributed by atoms with E-state index in [1.165, 1.54) is 0 Å². The first kappa shape index (κ1) is 17.7. The predicted octanol–water partition coefficient (Wildman–Crippen LogP) is 0.795. The van der Waals surface area contributed by atoms with Crippen LogP contribution in [0.3, 0.4) is 0 Å². The molecule has 4 rings (SSSR count). The lowest BCUT2D eigenvalue weighted by Gasteiger charge is -2.22. The summed E-state index contributed by atoms with van der Waals surface area (Å²) in [6.45, 7) is 4.30. The lowest BCUT2D eigenvalue weighted by atomic mass is 10.2. The number of hydrogen-bond donors (Lipinski definition) is 1. The molecule has 27 heavy (non-hydrogen) atoms. The number of carbonyl (C=O) groups is 1. The van der Waals surface area contributed by atoms with Gasteiger partial charge in [-0.3, -0.25) is 4.79 Å². The normalized spacial score (nSPS) is 20.6. The summed E-state index contributed by atoms with van der Waals surface area (Å²) >= 11 is 0. The van der Waals surface area contributed by atoms with Crippen LogP contribution in [0.15, 0.2) is 36.8 Å². The molecule has 0 unspecified atom stereocenters. The molecule has 4 heterocycles. The standard InChI is InChI=1S/C19H24N6O2/c26-16-5-10-25(14-16)17-4-3-15(13-22-17)18(27)23-8-2-9-24(12-11-23)19-20-6-1-7-21-19/h1,3-4,6-7,13,16,26H,2,5,8-12,14H2/t16-/m0/s1. The Hall–Kier alpha value is -2.74. The summed E-state index contributed by atoms with van der Waals surface area (Å²) in [5.74, 6) is 1.53. The summed E-state index contributed by atoms with van der Waals surface area (Å²) in [7, 11) is 0. The zero-order valence-electron chi connectivity index (χ0n) is 15.2. The number of amides is 1. The number of aliphatic hydroxyl groups is 1. The van der Waals surface area contributed by atoms with Crippen molar-refractivity contribution in [1.82, 2.24) is 19.9 Å². The number of aromatic nitrogens is 3. The van der Waals surface area contributed by atoms with E-state index in [-0.39, 0.29) is 12.0 Å². The SMILES string of the molecule is O=C(c1ccc(N2CC[C@H](O)C2)nc1)N1CCCN(c2ncccn2)CC1. The van der Waals surface area contributed by atoms with E-state index in [9.17, 15) is 9.90 Å². The largest absolute Gasteiger partial charge is 0.391 e. The molecular formula is C19H24N6O2. The Morgan fingerprint density at radius 2 is 1.85 bits per heavy atom. The van der Waals surface area contributed by atoms with Gasteiger partial charge in [0.1, 0.15) is 5.82 Å². The molecule has 1 amide bonds. The minimum absolute atomic E-state index is 0.00587. The average Bonchev–Trinajstić information content (AvgIpc) is 3.00. The van der Waals surface area contributed by atoms with Gasteiger partial charge in [-0.15, -0.1) is 0 Å². The molecule has 0 aromatic carbocycles. The second kappa shape index (κ2) is 7.87. The highest BCUT2D eigenvalue weighted by molar-refractivity contribution is 5.94. The Kier molecular flexibility index (Phi) is 5.15. The van der Waals surface area contributed by atoms with Crippen molar-refractivity contribution in [3.05, 3.63) is 42.4 Å². The van der Waals surface area contributed by atoms with E-state index in [1.54, 1.807) is 24.7 Å². The highest BCUT2D eigenvalue weighted by Crippen LogP contribution is 2.19. The van der Waals surface area contributed by atoms with E-state index in [1.807, 2.05) is 21.9 Å². The van der Waals surface area contributed by atoms with E-state index in [0.717, 1.165) is 31.7 Å². The van der Waals surface area contributed by atoms with Crippen molar-refractivity contribution in [2.75, 3.05) is 49.1 Å². The maximum atomic E-state index is 12.9. The summed E-state index contributed by atoms with van der Waals surface area (Å²) in [4.78, 5) is 31.9. The molecule has 0 radical (unpaired) electrons. The van der Waals surface area contributed by atoms with Crippen molar-refractivity contribution in [3.8, 4) is 0 Å². The molecule has 142 valence electrons. The van der Waals surface area contributed by atoms with Crippen LogP contribution in [0.2, 0.25) is 0 Å². The highest BCUT2D eigenvalue weighted by Gasteiger charge is 2.23. The number of carbonyl (C=O) groups excluding carboxylic acids is 1. The Balaban J connectivity index is 1.39. The summed E-state index contributed by atoms with van der Waals surface area (Å²) in [6, 6.07) is 5.50. The van der Waals surface area contributed by atoms with Crippen LogP contribution in [-0.4, -0.2) is 76.2 Å². The Morgan fingerprint density at radius 3 is 2.56 bits per heavy atom. The fourth-order valence-electron chi connectivity index (χ4n) is 3.61. The van der Waals surface area contributed by atoms with Gasteiger partial charge in [-0.25, -0.2) is 15.0 Å². The molecule has 2 saturated heterocycles. The number of β-amino-alcohol motifs (C(OH)–C–C–N with tert-alkyl or cyclic N) is 1. The van der Waals surface area contributed by atoms with E-state index >= 15 is 0 Å². The van der Waals surface area contributed by atoms with Crippen molar-refractivity contribution in [2.45, 2.75) is 18.9 Å². The Bertz CT molecular complexity index is 770. The summed E-state index contributed by atoms with van der Waals surface area (Å²) in [6.07, 6.45) is 6.47. The molecule has 0 saturated carbocycles. The second-order valence-electron chi connectivity index (χ2n) is 6.98. The van der Waals surface area contributed by atoms with Crippen molar-refractivity contribution < 1.29 is 9.90 Å². The third-order valence-corrected chi connectivity index (χ3v) is 5.10. The van der Waals surface area contributed by atoms with Gasteiger partial charge in [0.15, 0.2) is 0 Å². The van der Waals surface area contributed by atoms with Crippen LogP contribution < -0.4 is 9.80 Å².